The minimum atomic E-state index is -0.0533. The molecule has 1 saturated heterocycles. The second kappa shape index (κ2) is 9.39. The number of likely N-dealkylation sites (tertiary alicyclic amines) is 1. The van der Waals surface area contributed by atoms with E-state index < -0.39 is 0 Å². The molecule has 0 aliphatic carbocycles. The van der Waals surface area contributed by atoms with Gasteiger partial charge >= 0.3 is 0 Å². The molecule has 1 aliphatic heterocycles. The molecule has 0 saturated carbocycles. The molecule has 1 fully saturated rings. The van der Waals surface area contributed by atoms with Crippen LogP contribution in [0.4, 0.5) is 0 Å². The van der Waals surface area contributed by atoms with E-state index in [1.54, 1.807) is 0 Å². The molecule has 0 unspecified atom stereocenters. The number of carbonyl (C=O) groups is 1. The minimum Gasteiger partial charge on any atom is -0.483 e. The number of amides is 1. The van der Waals surface area contributed by atoms with Gasteiger partial charge in [0.1, 0.15) is 5.75 Å². The van der Waals surface area contributed by atoms with Crippen molar-refractivity contribution in [3.8, 4) is 5.75 Å². The number of hydrogen-bond donors (Lipinski definition) is 1. The Morgan fingerprint density at radius 1 is 1.15 bits per heavy atom. The van der Waals surface area contributed by atoms with E-state index in [2.05, 4.69) is 35.3 Å². The number of nitrogens with one attached hydrogen (secondary N) is 1. The number of hydrogen-bond acceptors (Lipinski definition) is 3. The molecule has 0 radical (unpaired) electrons. The maximum absolute atomic E-state index is 12.2. The maximum Gasteiger partial charge on any atom is 0.257 e. The van der Waals surface area contributed by atoms with Crippen LogP contribution in [0.3, 0.4) is 0 Å². The average molecular weight is 352 g/mol. The Kier molecular flexibility index (Phi) is 6.67. The van der Waals surface area contributed by atoms with Crippen LogP contribution in [0, 0.1) is 0 Å². The van der Waals surface area contributed by atoms with Crippen LogP contribution < -0.4 is 10.1 Å². The highest BCUT2D eigenvalue weighted by atomic mass is 16.5. The molecule has 0 aromatic heterocycles. The summed E-state index contributed by atoms with van der Waals surface area (Å²) in [5, 5.41) is 3.02. The van der Waals surface area contributed by atoms with Gasteiger partial charge in [-0.2, -0.15) is 0 Å². The van der Waals surface area contributed by atoms with Crippen LogP contribution in [-0.2, 0) is 11.2 Å². The van der Waals surface area contributed by atoms with Gasteiger partial charge in [0.15, 0.2) is 6.61 Å². The minimum absolute atomic E-state index is 0.0533. The first kappa shape index (κ1) is 18.5. The lowest BCUT2D eigenvalue weighted by Gasteiger charge is -2.22. The van der Waals surface area contributed by atoms with E-state index in [-0.39, 0.29) is 12.5 Å². The lowest BCUT2D eigenvalue weighted by Crippen LogP contribution is -2.41. The van der Waals surface area contributed by atoms with Crippen molar-refractivity contribution in [3.05, 3.63) is 65.7 Å². The zero-order valence-corrected chi connectivity index (χ0v) is 15.5. The van der Waals surface area contributed by atoms with Crippen molar-refractivity contribution in [1.29, 1.82) is 0 Å². The first-order valence-electron chi connectivity index (χ1n) is 9.51. The van der Waals surface area contributed by atoms with E-state index >= 15 is 0 Å². The van der Waals surface area contributed by atoms with Crippen LogP contribution >= 0.6 is 0 Å². The first-order chi connectivity index (χ1) is 12.8. The van der Waals surface area contributed by atoms with E-state index in [1.807, 2.05) is 36.4 Å². The number of para-hydroxylation sites is 1. The third-order valence-corrected chi connectivity index (χ3v) is 5.01. The summed E-state index contributed by atoms with van der Waals surface area (Å²) in [7, 11) is 0. The summed E-state index contributed by atoms with van der Waals surface area (Å²) in [6.45, 7) is 5.13. The fourth-order valence-electron chi connectivity index (χ4n) is 3.58. The fourth-order valence-corrected chi connectivity index (χ4v) is 3.58. The van der Waals surface area contributed by atoms with E-state index in [1.165, 1.54) is 12.0 Å². The molecule has 1 heterocycles. The Hall–Kier alpha value is -2.33. The maximum atomic E-state index is 12.2. The summed E-state index contributed by atoms with van der Waals surface area (Å²) >= 11 is 0. The molecular formula is C22H28N2O2. The second-order valence-electron chi connectivity index (χ2n) is 6.79. The van der Waals surface area contributed by atoms with Crippen LogP contribution in [0.25, 0.3) is 0 Å². The van der Waals surface area contributed by atoms with Gasteiger partial charge in [-0.25, -0.2) is 0 Å². The summed E-state index contributed by atoms with van der Waals surface area (Å²) in [5.74, 6) is 0.727. The number of likely N-dealkylation sites (N-methyl/N-ethyl adjacent to an activating group) is 1. The highest BCUT2D eigenvalue weighted by molar-refractivity contribution is 5.77. The zero-order chi connectivity index (χ0) is 18.2. The summed E-state index contributed by atoms with van der Waals surface area (Å²) in [6.07, 6.45) is 3.18. The molecule has 1 amide bonds. The molecule has 2 aromatic carbocycles. The van der Waals surface area contributed by atoms with Gasteiger partial charge in [0.05, 0.1) is 0 Å². The molecule has 1 N–H and O–H groups in total. The largest absolute Gasteiger partial charge is 0.483 e. The number of carbonyl (C=O) groups excluding carboxylic acids is 1. The molecule has 3 rings (SSSR count). The normalized spacial score (nSPS) is 17.2. The van der Waals surface area contributed by atoms with Crippen molar-refractivity contribution in [2.24, 2.45) is 0 Å². The van der Waals surface area contributed by atoms with Gasteiger partial charge in [-0.05, 0) is 43.1 Å². The molecule has 2 aromatic rings. The smallest absolute Gasteiger partial charge is 0.257 e. The molecule has 0 spiro atoms. The lowest BCUT2D eigenvalue weighted by molar-refractivity contribution is -0.123. The van der Waals surface area contributed by atoms with Gasteiger partial charge in [0.25, 0.3) is 5.91 Å². The monoisotopic (exact) mass is 352 g/mol. The van der Waals surface area contributed by atoms with Gasteiger partial charge in [-0.1, -0.05) is 55.5 Å². The average Bonchev–Trinajstić information content (AvgIpc) is 3.14. The van der Waals surface area contributed by atoms with Crippen molar-refractivity contribution >= 4 is 5.91 Å². The Bertz CT molecular complexity index is 702. The number of rotatable bonds is 8. The summed E-state index contributed by atoms with van der Waals surface area (Å²) in [6, 6.07) is 18.7. The molecule has 1 aliphatic rings. The van der Waals surface area contributed by atoms with Crippen molar-refractivity contribution in [1.82, 2.24) is 10.2 Å². The molecular weight excluding hydrogens is 324 g/mol. The Balaban J connectivity index is 1.50. The summed E-state index contributed by atoms with van der Waals surface area (Å²) in [5.41, 5.74) is 2.33. The molecule has 4 heteroatoms. The molecule has 138 valence electrons. The quantitative estimate of drug-likeness (QED) is 0.793. The summed E-state index contributed by atoms with van der Waals surface area (Å²) < 4.78 is 5.81. The van der Waals surface area contributed by atoms with E-state index in [9.17, 15) is 4.79 Å². The van der Waals surface area contributed by atoms with Crippen LogP contribution in [0.1, 0.15) is 30.9 Å². The van der Waals surface area contributed by atoms with Gasteiger partial charge in [-0.15, -0.1) is 0 Å². The van der Waals surface area contributed by atoms with Crippen molar-refractivity contribution in [2.45, 2.75) is 32.2 Å². The Morgan fingerprint density at radius 2 is 1.92 bits per heavy atom. The predicted molar refractivity (Wildman–Crippen MR) is 104 cm³/mol. The van der Waals surface area contributed by atoms with Crippen LogP contribution in [0.5, 0.6) is 5.75 Å². The van der Waals surface area contributed by atoms with Crippen LogP contribution in [-0.4, -0.2) is 43.1 Å². The van der Waals surface area contributed by atoms with E-state index in [0.29, 0.717) is 12.6 Å². The van der Waals surface area contributed by atoms with Gasteiger partial charge < -0.3 is 10.1 Å². The Labute approximate surface area is 156 Å². The highest BCUT2D eigenvalue weighted by Crippen LogP contribution is 2.21. The number of nitrogens with zero attached hydrogens (tertiary/aromatic N) is 1. The van der Waals surface area contributed by atoms with E-state index in [4.69, 9.17) is 4.74 Å². The zero-order valence-electron chi connectivity index (χ0n) is 15.5. The second-order valence-corrected chi connectivity index (χ2v) is 6.79. The lowest BCUT2D eigenvalue weighted by atomic mass is 10.0. The van der Waals surface area contributed by atoms with Gasteiger partial charge in [0.2, 0.25) is 0 Å². The van der Waals surface area contributed by atoms with E-state index in [0.717, 1.165) is 37.2 Å². The topological polar surface area (TPSA) is 41.6 Å². The van der Waals surface area contributed by atoms with Crippen LogP contribution in [0.2, 0.25) is 0 Å². The standard InChI is InChI=1S/C22H28N2O2/c1-2-24-14-8-12-20(24)16-23-22(25)17-26-21-13-7-6-11-19(21)15-18-9-4-3-5-10-18/h3-7,9-11,13,20H,2,8,12,14-17H2,1H3,(H,23,25)/t20-/m0/s1. The number of ether oxygens (including phenoxy) is 1. The summed E-state index contributed by atoms with van der Waals surface area (Å²) in [4.78, 5) is 14.6. The molecule has 4 nitrogen and oxygen atoms in total. The van der Waals surface area contributed by atoms with Gasteiger partial charge in [-0.3, -0.25) is 9.69 Å². The number of benzene rings is 2. The molecule has 1 atom stereocenters. The predicted octanol–water partition coefficient (Wildman–Crippen LogP) is 3.26. The van der Waals surface area contributed by atoms with Crippen LogP contribution in [0.15, 0.2) is 54.6 Å². The SMILES string of the molecule is CCN1CCC[C@H]1CNC(=O)COc1ccccc1Cc1ccccc1. The van der Waals surface area contributed by atoms with Crippen molar-refractivity contribution in [2.75, 3.05) is 26.2 Å². The highest BCUT2D eigenvalue weighted by Gasteiger charge is 2.23. The molecule has 0 bridgehead atoms. The van der Waals surface area contributed by atoms with Crippen molar-refractivity contribution < 1.29 is 9.53 Å². The third kappa shape index (κ3) is 5.09. The first-order valence-corrected chi connectivity index (χ1v) is 9.51. The Morgan fingerprint density at radius 3 is 2.73 bits per heavy atom. The van der Waals surface area contributed by atoms with Gasteiger partial charge in [0, 0.05) is 19.0 Å². The third-order valence-electron chi connectivity index (χ3n) is 5.01. The fraction of sp³-hybridized carbons (Fsp3) is 0.409. The van der Waals surface area contributed by atoms with Crippen molar-refractivity contribution in [3.63, 3.8) is 0 Å². The molecule has 26 heavy (non-hydrogen) atoms.